The number of carbonyl (C=O) groups excluding carboxylic acids is 1. The van der Waals surface area contributed by atoms with Crippen molar-refractivity contribution >= 4 is 5.78 Å². The maximum atomic E-state index is 11.8. The largest absolute Gasteiger partial charge is 0.294 e. The fourth-order valence-corrected chi connectivity index (χ4v) is 2.61. The molecule has 98 valence electrons. The van der Waals surface area contributed by atoms with Gasteiger partial charge in [0.1, 0.15) is 0 Å². The van der Waals surface area contributed by atoms with Crippen LogP contribution < -0.4 is 0 Å². The van der Waals surface area contributed by atoms with Crippen LogP contribution in [0.15, 0.2) is 6.20 Å². The van der Waals surface area contributed by atoms with Crippen molar-refractivity contribution in [2.75, 3.05) is 0 Å². The minimum Gasteiger partial charge on any atom is -0.294 e. The highest BCUT2D eigenvalue weighted by Crippen LogP contribution is 2.26. The zero-order chi connectivity index (χ0) is 13.6. The van der Waals surface area contributed by atoms with Gasteiger partial charge in [0.25, 0.3) is 0 Å². The number of ketones is 1. The molecule has 0 bridgehead atoms. The van der Waals surface area contributed by atoms with Crippen molar-refractivity contribution in [2.24, 2.45) is 7.05 Å². The number of rotatable bonds is 1. The smallest absolute Gasteiger partial charge is 0.166 e. The quantitative estimate of drug-likeness (QED) is 0.783. The summed E-state index contributed by atoms with van der Waals surface area (Å²) in [5.41, 5.74) is 4.50. The Kier molecular flexibility index (Phi) is 2.69. The van der Waals surface area contributed by atoms with Crippen molar-refractivity contribution in [3.8, 4) is 11.4 Å². The van der Waals surface area contributed by atoms with E-state index < -0.39 is 0 Å². The lowest BCUT2D eigenvalue weighted by molar-refractivity contribution is 0.0971. The van der Waals surface area contributed by atoms with Gasteiger partial charge in [-0.15, -0.1) is 0 Å². The summed E-state index contributed by atoms with van der Waals surface area (Å²) in [4.78, 5) is 20.7. The van der Waals surface area contributed by atoms with E-state index in [1.807, 2.05) is 25.6 Å². The SMILES string of the molecule is Cc1nn(C)c(C)c1-c1ncc2c(n1)CCCC2=O. The molecule has 0 atom stereocenters. The molecule has 0 amide bonds. The first-order valence-corrected chi connectivity index (χ1v) is 6.47. The second-order valence-corrected chi connectivity index (χ2v) is 5.00. The molecule has 0 fully saturated rings. The van der Waals surface area contributed by atoms with E-state index >= 15 is 0 Å². The fraction of sp³-hybridized carbons (Fsp3) is 0.429. The van der Waals surface area contributed by atoms with E-state index in [1.165, 1.54) is 0 Å². The van der Waals surface area contributed by atoms with E-state index in [-0.39, 0.29) is 5.78 Å². The normalized spacial score (nSPS) is 14.6. The summed E-state index contributed by atoms with van der Waals surface area (Å²) in [5, 5.41) is 4.38. The van der Waals surface area contributed by atoms with Crippen LogP contribution in [0.2, 0.25) is 0 Å². The van der Waals surface area contributed by atoms with Crippen molar-refractivity contribution < 1.29 is 4.79 Å². The van der Waals surface area contributed by atoms with Crippen LogP contribution in [0.5, 0.6) is 0 Å². The fourth-order valence-electron chi connectivity index (χ4n) is 2.61. The molecule has 2 aromatic heterocycles. The summed E-state index contributed by atoms with van der Waals surface area (Å²) in [6.45, 7) is 3.96. The minimum absolute atomic E-state index is 0.160. The number of hydrogen-bond donors (Lipinski definition) is 0. The van der Waals surface area contributed by atoms with Crippen molar-refractivity contribution in [1.82, 2.24) is 19.7 Å². The standard InChI is InChI=1S/C14H16N4O/c1-8-13(9(2)18(3)17-8)14-15-7-10-11(16-14)5-4-6-12(10)19/h7H,4-6H2,1-3H3. The Morgan fingerprint density at radius 2 is 2.05 bits per heavy atom. The van der Waals surface area contributed by atoms with Gasteiger partial charge in [-0.05, 0) is 26.7 Å². The number of nitrogens with zero attached hydrogens (tertiary/aromatic N) is 4. The van der Waals surface area contributed by atoms with Crippen LogP contribution in [0.4, 0.5) is 0 Å². The molecule has 0 N–H and O–H groups in total. The van der Waals surface area contributed by atoms with Crippen molar-refractivity contribution in [3.63, 3.8) is 0 Å². The van der Waals surface area contributed by atoms with Crippen LogP contribution in [0.3, 0.4) is 0 Å². The van der Waals surface area contributed by atoms with E-state index in [4.69, 9.17) is 0 Å². The maximum Gasteiger partial charge on any atom is 0.166 e. The minimum atomic E-state index is 0.160. The Labute approximate surface area is 111 Å². The van der Waals surface area contributed by atoms with Crippen molar-refractivity contribution in [3.05, 3.63) is 28.8 Å². The van der Waals surface area contributed by atoms with E-state index in [0.29, 0.717) is 17.8 Å². The number of aromatic nitrogens is 4. The lowest BCUT2D eigenvalue weighted by atomic mass is 9.96. The predicted octanol–water partition coefficient (Wildman–Crippen LogP) is 2.01. The molecule has 0 saturated carbocycles. The molecule has 0 radical (unpaired) electrons. The summed E-state index contributed by atoms with van der Waals surface area (Å²) in [7, 11) is 1.91. The van der Waals surface area contributed by atoms with Gasteiger partial charge in [-0.1, -0.05) is 0 Å². The van der Waals surface area contributed by atoms with E-state index in [0.717, 1.165) is 35.5 Å². The number of hydrogen-bond acceptors (Lipinski definition) is 4. The molecule has 19 heavy (non-hydrogen) atoms. The Morgan fingerprint density at radius 1 is 1.26 bits per heavy atom. The zero-order valence-corrected chi connectivity index (χ0v) is 11.4. The second-order valence-electron chi connectivity index (χ2n) is 5.00. The Morgan fingerprint density at radius 3 is 2.74 bits per heavy atom. The number of carbonyl (C=O) groups is 1. The van der Waals surface area contributed by atoms with Gasteiger partial charge < -0.3 is 0 Å². The van der Waals surface area contributed by atoms with Crippen molar-refractivity contribution in [2.45, 2.75) is 33.1 Å². The van der Waals surface area contributed by atoms with Crippen LogP contribution in [0, 0.1) is 13.8 Å². The summed E-state index contributed by atoms with van der Waals surface area (Å²) in [6.07, 6.45) is 4.02. The zero-order valence-electron chi connectivity index (χ0n) is 11.4. The molecule has 1 aliphatic rings. The van der Waals surface area contributed by atoms with E-state index in [1.54, 1.807) is 6.20 Å². The van der Waals surface area contributed by atoms with E-state index in [9.17, 15) is 4.79 Å². The molecule has 1 aliphatic carbocycles. The predicted molar refractivity (Wildman–Crippen MR) is 71.0 cm³/mol. The number of aryl methyl sites for hydroxylation is 3. The summed E-state index contributed by atoms with van der Waals surface area (Å²) in [5.74, 6) is 0.837. The van der Waals surface area contributed by atoms with Gasteiger partial charge in [0.15, 0.2) is 11.6 Å². The lowest BCUT2D eigenvalue weighted by Gasteiger charge is -2.13. The van der Waals surface area contributed by atoms with Gasteiger partial charge in [-0.25, -0.2) is 9.97 Å². The summed E-state index contributed by atoms with van der Waals surface area (Å²) in [6, 6.07) is 0. The molecular formula is C14H16N4O. The van der Waals surface area contributed by atoms with Gasteiger partial charge in [-0.3, -0.25) is 9.48 Å². The molecule has 5 heteroatoms. The second kappa shape index (κ2) is 4.26. The van der Waals surface area contributed by atoms with Crippen LogP contribution in [-0.4, -0.2) is 25.5 Å². The molecule has 3 rings (SSSR count). The molecule has 2 heterocycles. The maximum absolute atomic E-state index is 11.8. The molecule has 5 nitrogen and oxygen atoms in total. The molecule has 0 spiro atoms. The highest BCUT2D eigenvalue weighted by atomic mass is 16.1. The van der Waals surface area contributed by atoms with Gasteiger partial charge in [0.05, 0.1) is 22.5 Å². The molecular weight excluding hydrogens is 240 g/mol. The molecule has 0 unspecified atom stereocenters. The topological polar surface area (TPSA) is 60.7 Å². The Balaban J connectivity index is 2.14. The van der Waals surface area contributed by atoms with Crippen LogP contribution in [0.1, 0.15) is 40.3 Å². The average Bonchev–Trinajstić information content (AvgIpc) is 2.63. The van der Waals surface area contributed by atoms with Crippen molar-refractivity contribution in [1.29, 1.82) is 0 Å². The molecule has 0 aromatic carbocycles. The first-order valence-electron chi connectivity index (χ1n) is 6.47. The third-order valence-corrected chi connectivity index (χ3v) is 3.72. The first-order chi connectivity index (χ1) is 9.08. The van der Waals surface area contributed by atoms with Crippen LogP contribution in [0.25, 0.3) is 11.4 Å². The third-order valence-electron chi connectivity index (χ3n) is 3.72. The molecule has 0 aliphatic heterocycles. The summed E-state index contributed by atoms with van der Waals surface area (Å²) < 4.78 is 1.83. The van der Waals surface area contributed by atoms with Gasteiger partial charge in [-0.2, -0.15) is 5.10 Å². The van der Waals surface area contributed by atoms with Gasteiger partial charge >= 0.3 is 0 Å². The Hall–Kier alpha value is -2.04. The third kappa shape index (κ3) is 1.85. The molecule has 2 aromatic rings. The first kappa shape index (κ1) is 12.0. The lowest BCUT2D eigenvalue weighted by Crippen LogP contribution is -2.14. The number of Topliss-reactive ketones (excluding diaryl/α,β-unsaturated/α-hetero) is 1. The summed E-state index contributed by atoms with van der Waals surface area (Å²) >= 11 is 0. The highest BCUT2D eigenvalue weighted by Gasteiger charge is 2.21. The Bertz CT molecular complexity index is 672. The highest BCUT2D eigenvalue weighted by molar-refractivity contribution is 5.97. The van der Waals surface area contributed by atoms with Crippen LogP contribution in [-0.2, 0) is 13.5 Å². The van der Waals surface area contributed by atoms with E-state index in [2.05, 4.69) is 15.1 Å². The monoisotopic (exact) mass is 256 g/mol. The van der Waals surface area contributed by atoms with Crippen LogP contribution >= 0.6 is 0 Å². The number of fused-ring (bicyclic) bond motifs is 1. The molecule has 0 saturated heterocycles. The van der Waals surface area contributed by atoms with Gasteiger partial charge in [0.2, 0.25) is 0 Å². The van der Waals surface area contributed by atoms with Gasteiger partial charge in [0, 0.05) is 25.4 Å². The average molecular weight is 256 g/mol.